The predicted molar refractivity (Wildman–Crippen MR) is 127 cm³/mol. The largest absolute Gasteiger partial charge is 0.495 e. The van der Waals surface area contributed by atoms with E-state index in [1.165, 1.54) is 12.1 Å². The lowest BCUT2D eigenvalue weighted by atomic mass is 10.1. The standard InChI is InChI=1S/C24H28ClFN2O4S/c1-3-4-11-33(30,31)19-8-10-23(32-2)22(13-19)28-17-6-7-18(28)15-27(14-17)24(29)20-9-5-16(26)12-21(20)25/h5,8-10,12-13,17-18H,3-4,6-7,11,14-15H2,1-2H3/t17-,18+. The predicted octanol–water partition coefficient (Wildman–Crippen LogP) is 4.55. The summed E-state index contributed by atoms with van der Waals surface area (Å²) >= 11 is 6.12. The number of hydrogen-bond donors (Lipinski definition) is 0. The fourth-order valence-corrected chi connectivity index (χ4v) is 6.53. The SMILES string of the molecule is CCCCS(=O)(=O)c1ccc(OC)c(N2[C@@H]3CC[C@H]2CN(C(=O)c2ccc(F)cc2Cl)C3)c1. The zero-order valence-electron chi connectivity index (χ0n) is 18.8. The van der Waals surface area contributed by atoms with Crippen molar-refractivity contribution in [3.8, 4) is 5.75 Å². The Bertz CT molecular complexity index is 1140. The van der Waals surface area contributed by atoms with Crippen molar-refractivity contribution in [2.75, 3.05) is 30.9 Å². The number of benzene rings is 2. The second kappa shape index (κ2) is 9.50. The Morgan fingerprint density at radius 1 is 1.15 bits per heavy atom. The number of methoxy groups -OCH3 is 1. The summed E-state index contributed by atoms with van der Waals surface area (Å²) in [4.78, 5) is 17.4. The summed E-state index contributed by atoms with van der Waals surface area (Å²) in [7, 11) is -1.81. The summed E-state index contributed by atoms with van der Waals surface area (Å²) in [5.41, 5.74) is 1.03. The number of carbonyl (C=O) groups is 1. The smallest absolute Gasteiger partial charge is 0.255 e. The molecule has 2 saturated heterocycles. The van der Waals surface area contributed by atoms with Crippen LogP contribution in [-0.2, 0) is 9.84 Å². The molecule has 6 nitrogen and oxygen atoms in total. The van der Waals surface area contributed by atoms with Crippen molar-refractivity contribution in [1.29, 1.82) is 0 Å². The molecule has 178 valence electrons. The minimum absolute atomic E-state index is 0.0226. The molecule has 0 aliphatic carbocycles. The van der Waals surface area contributed by atoms with E-state index in [4.69, 9.17) is 16.3 Å². The Balaban J connectivity index is 1.61. The van der Waals surface area contributed by atoms with Gasteiger partial charge in [0.1, 0.15) is 11.6 Å². The third-order valence-electron chi connectivity index (χ3n) is 6.49. The number of carbonyl (C=O) groups excluding carboxylic acids is 1. The summed E-state index contributed by atoms with van der Waals surface area (Å²) in [5, 5.41) is 0.0985. The van der Waals surface area contributed by atoms with Gasteiger partial charge in [-0.3, -0.25) is 4.79 Å². The van der Waals surface area contributed by atoms with Crippen LogP contribution in [0.1, 0.15) is 43.0 Å². The van der Waals surface area contributed by atoms with Crippen LogP contribution in [0, 0.1) is 5.82 Å². The van der Waals surface area contributed by atoms with Gasteiger partial charge < -0.3 is 14.5 Å². The quantitative estimate of drug-likeness (QED) is 0.564. The van der Waals surface area contributed by atoms with Gasteiger partial charge in [0.2, 0.25) is 0 Å². The van der Waals surface area contributed by atoms with Crippen molar-refractivity contribution in [3.05, 3.63) is 52.8 Å². The maximum Gasteiger partial charge on any atom is 0.255 e. The van der Waals surface area contributed by atoms with E-state index in [1.807, 2.05) is 6.92 Å². The normalized spacial score (nSPS) is 20.2. The number of fused-ring (bicyclic) bond motifs is 2. The molecule has 2 aliphatic rings. The van der Waals surface area contributed by atoms with Crippen LogP contribution in [-0.4, -0.2) is 57.3 Å². The van der Waals surface area contributed by atoms with Crippen LogP contribution < -0.4 is 9.64 Å². The van der Waals surface area contributed by atoms with Gasteiger partial charge in [0, 0.05) is 25.2 Å². The number of unbranched alkanes of at least 4 members (excludes halogenated alkanes) is 1. The van der Waals surface area contributed by atoms with Crippen molar-refractivity contribution in [2.45, 2.75) is 49.6 Å². The first-order valence-corrected chi connectivity index (χ1v) is 13.2. The highest BCUT2D eigenvalue weighted by atomic mass is 35.5. The lowest BCUT2D eigenvalue weighted by Gasteiger charge is -2.43. The summed E-state index contributed by atoms with van der Waals surface area (Å²) in [6.45, 7) is 2.91. The van der Waals surface area contributed by atoms with E-state index >= 15 is 0 Å². The number of halogens is 2. The highest BCUT2D eigenvalue weighted by Gasteiger charge is 2.43. The molecule has 2 heterocycles. The van der Waals surface area contributed by atoms with Crippen molar-refractivity contribution >= 4 is 33.0 Å². The van der Waals surface area contributed by atoms with Gasteiger partial charge in [0.15, 0.2) is 9.84 Å². The number of rotatable bonds is 7. The lowest BCUT2D eigenvalue weighted by molar-refractivity contribution is 0.0718. The van der Waals surface area contributed by atoms with Gasteiger partial charge in [-0.1, -0.05) is 24.9 Å². The zero-order valence-corrected chi connectivity index (χ0v) is 20.3. The number of sulfone groups is 1. The molecule has 2 aromatic rings. The first kappa shape index (κ1) is 23.8. The molecule has 1 amide bonds. The molecule has 2 atom stereocenters. The molecule has 0 spiro atoms. The first-order valence-electron chi connectivity index (χ1n) is 11.2. The molecule has 2 fully saturated rings. The minimum atomic E-state index is -3.38. The number of anilines is 1. The van der Waals surface area contributed by atoms with E-state index in [9.17, 15) is 17.6 Å². The summed E-state index contributed by atoms with van der Waals surface area (Å²) in [5.74, 6) is 0.0208. The molecule has 0 radical (unpaired) electrons. The number of amides is 1. The molecular formula is C24H28ClFN2O4S. The minimum Gasteiger partial charge on any atom is -0.495 e. The number of hydrogen-bond acceptors (Lipinski definition) is 5. The van der Waals surface area contributed by atoms with Gasteiger partial charge >= 0.3 is 0 Å². The van der Waals surface area contributed by atoms with Crippen molar-refractivity contribution < 1.29 is 22.3 Å². The Morgan fingerprint density at radius 3 is 2.45 bits per heavy atom. The van der Waals surface area contributed by atoms with E-state index in [-0.39, 0.29) is 34.3 Å². The number of likely N-dealkylation sites (tertiary alicyclic amines) is 1. The summed E-state index contributed by atoms with van der Waals surface area (Å²) < 4.78 is 44.6. The molecule has 0 aromatic heterocycles. The molecule has 0 unspecified atom stereocenters. The van der Waals surface area contributed by atoms with Gasteiger partial charge in [0.25, 0.3) is 5.91 Å². The van der Waals surface area contributed by atoms with E-state index in [0.717, 1.165) is 31.0 Å². The molecule has 33 heavy (non-hydrogen) atoms. The molecule has 4 rings (SSSR count). The second-order valence-electron chi connectivity index (χ2n) is 8.63. The van der Waals surface area contributed by atoms with Gasteiger partial charge in [-0.05, 0) is 55.7 Å². The summed E-state index contributed by atoms with van der Waals surface area (Å²) in [6, 6.07) is 8.87. The molecule has 2 aliphatic heterocycles. The Morgan fingerprint density at radius 2 is 1.85 bits per heavy atom. The van der Waals surface area contributed by atoms with Gasteiger partial charge in [0.05, 0.1) is 34.0 Å². The van der Waals surface area contributed by atoms with Crippen LogP contribution in [0.4, 0.5) is 10.1 Å². The fourth-order valence-electron chi connectivity index (χ4n) is 4.81. The van der Waals surface area contributed by atoms with E-state index in [1.54, 1.807) is 30.2 Å². The number of piperazine rings is 1. The zero-order chi connectivity index (χ0) is 23.8. The topological polar surface area (TPSA) is 66.9 Å². The number of ether oxygens (including phenoxy) is 1. The number of nitrogens with zero attached hydrogens (tertiary/aromatic N) is 2. The average molecular weight is 495 g/mol. The van der Waals surface area contributed by atoms with Crippen LogP contribution in [0.15, 0.2) is 41.3 Å². The van der Waals surface area contributed by atoms with Crippen molar-refractivity contribution in [2.24, 2.45) is 0 Å². The van der Waals surface area contributed by atoms with Crippen LogP contribution >= 0.6 is 11.6 Å². The van der Waals surface area contributed by atoms with Crippen LogP contribution in [0.5, 0.6) is 5.75 Å². The highest BCUT2D eigenvalue weighted by molar-refractivity contribution is 7.91. The van der Waals surface area contributed by atoms with Crippen LogP contribution in [0.25, 0.3) is 0 Å². The first-order chi connectivity index (χ1) is 15.7. The fraction of sp³-hybridized carbons (Fsp3) is 0.458. The molecule has 0 N–H and O–H groups in total. The molecule has 2 bridgehead atoms. The molecule has 9 heteroatoms. The molecule has 0 saturated carbocycles. The van der Waals surface area contributed by atoms with Gasteiger partial charge in [-0.2, -0.15) is 0 Å². The van der Waals surface area contributed by atoms with Gasteiger partial charge in [-0.15, -0.1) is 0 Å². The van der Waals surface area contributed by atoms with Crippen LogP contribution in [0.2, 0.25) is 5.02 Å². The third kappa shape index (κ3) is 4.68. The third-order valence-corrected chi connectivity index (χ3v) is 8.60. The Kier molecular flexibility index (Phi) is 6.86. The summed E-state index contributed by atoms with van der Waals surface area (Å²) in [6.07, 6.45) is 3.17. The highest BCUT2D eigenvalue weighted by Crippen LogP contribution is 2.41. The monoisotopic (exact) mass is 494 g/mol. The molecular weight excluding hydrogens is 467 g/mol. The van der Waals surface area contributed by atoms with E-state index in [0.29, 0.717) is 30.2 Å². The Labute approximate surface area is 199 Å². The maximum atomic E-state index is 13.4. The van der Waals surface area contributed by atoms with Crippen molar-refractivity contribution in [1.82, 2.24) is 4.90 Å². The molecule has 2 aromatic carbocycles. The van der Waals surface area contributed by atoms with Gasteiger partial charge in [-0.25, -0.2) is 12.8 Å². The maximum absolute atomic E-state index is 13.4. The van der Waals surface area contributed by atoms with Crippen molar-refractivity contribution in [3.63, 3.8) is 0 Å². The van der Waals surface area contributed by atoms with E-state index < -0.39 is 15.7 Å². The Hall–Kier alpha value is -2.32. The lowest BCUT2D eigenvalue weighted by Crippen LogP contribution is -2.55. The van der Waals surface area contributed by atoms with E-state index in [2.05, 4.69) is 4.90 Å². The second-order valence-corrected chi connectivity index (χ2v) is 11.1. The van der Waals surface area contributed by atoms with Crippen LogP contribution in [0.3, 0.4) is 0 Å². The average Bonchev–Trinajstić information content (AvgIpc) is 3.05.